The fraction of sp³-hybridized carbons (Fsp3) is 0.242. The van der Waals surface area contributed by atoms with Crippen molar-refractivity contribution in [2.45, 2.75) is 45.3 Å². The molecule has 4 aromatic rings. The number of benzene rings is 4. The summed E-state index contributed by atoms with van der Waals surface area (Å²) >= 11 is 6.29. The Hall–Kier alpha value is -4.16. The van der Waals surface area contributed by atoms with Gasteiger partial charge in [-0.25, -0.2) is 0 Å². The van der Waals surface area contributed by atoms with Crippen molar-refractivity contribution in [2.75, 3.05) is 11.4 Å². The van der Waals surface area contributed by atoms with E-state index < -0.39 is 6.04 Å². The molecule has 1 heterocycles. The average Bonchev–Trinajstić information content (AvgIpc) is 3.23. The van der Waals surface area contributed by atoms with Gasteiger partial charge >= 0.3 is 0 Å². The highest BCUT2D eigenvalue weighted by Crippen LogP contribution is 2.37. The molecule has 0 saturated carbocycles. The molecule has 40 heavy (non-hydrogen) atoms. The fourth-order valence-electron chi connectivity index (χ4n) is 5.19. The first kappa shape index (κ1) is 27.4. The lowest BCUT2D eigenvalue weighted by Crippen LogP contribution is -2.54. The SMILES string of the molecule is CC[C@@H](C)NC(=O)[C@@H](Cc1ccccc1)N(Cc1cccc(Cl)c1)C(=O)CN1C(=O)c2cccc3cccc1c23. The van der Waals surface area contributed by atoms with Gasteiger partial charge in [-0.15, -0.1) is 0 Å². The van der Waals surface area contributed by atoms with Crippen molar-refractivity contribution in [3.05, 3.63) is 113 Å². The highest BCUT2D eigenvalue weighted by molar-refractivity contribution is 6.30. The van der Waals surface area contributed by atoms with Crippen molar-refractivity contribution >= 4 is 45.8 Å². The Balaban J connectivity index is 1.51. The average molecular weight is 554 g/mol. The molecule has 1 aliphatic rings. The summed E-state index contributed by atoms with van der Waals surface area (Å²) in [5, 5.41) is 5.42. The predicted molar refractivity (Wildman–Crippen MR) is 159 cm³/mol. The number of rotatable bonds is 10. The third kappa shape index (κ3) is 5.73. The van der Waals surface area contributed by atoms with E-state index in [9.17, 15) is 14.4 Å². The number of hydrogen-bond acceptors (Lipinski definition) is 3. The van der Waals surface area contributed by atoms with Gasteiger partial charge in [0.25, 0.3) is 5.91 Å². The smallest absolute Gasteiger partial charge is 0.259 e. The molecule has 5 rings (SSSR count). The van der Waals surface area contributed by atoms with E-state index in [4.69, 9.17) is 11.6 Å². The van der Waals surface area contributed by atoms with E-state index in [2.05, 4.69) is 5.32 Å². The van der Waals surface area contributed by atoms with Gasteiger partial charge in [0.05, 0.1) is 5.69 Å². The van der Waals surface area contributed by atoms with Crippen molar-refractivity contribution in [2.24, 2.45) is 0 Å². The zero-order valence-corrected chi connectivity index (χ0v) is 23.4. The Kier molecular flexibility index (Phi) is 8.17. The Labute approximate surface area is 239 Å². The predicted octanol–water partition coefficient (Wildman–Crippen LogP) is 6.01. The quantitative estimate of drug-likeness (QED) is 0.261. The van der Waals surface area contributed by atoms with Crippen LogP contribution in [0.25, 0.3) is 10.8 Å². The first-order valence-corrected chi connectivity index (χ1v) is 13.9. The molecule has 1 aliphatic heterocycles. The van der Waals surface area contributed by atoms with Gasteiger partial charge in [0.2, 0.25) is 11.8 Å². The largest absolute Gasteiger partial charge is 0.352 e. The van der Waals surface area contributed by atoms with Crippen molar-refractivity contribution in [3.63, 3.8) is 0 Å². The lowest BCUT2D eigenvalue weighted by atomic mass is 10.0. The molecule has 0 spiro atoms. The van der Waals surface area contributed by atoms with Gasteiger partial charge in [0, 0.05) is 35.0 Å². The summed E-state index contributed by atoms with van der Waals surface area (Å²) in [5.74, 6) is -0.767. The number of hydrogen-bond donors (Lipinski definition) is 1. The topological polar surface area (TPSA) is 69.7 Å². The van der Waals surface area contributed by atoms with Crippen LogP contribution in [0.4, 0.5) is 5.69 Å². The summed E-state index contributed by atoms with van der Waals surface area (Å²) < 4.78 is 0. The second-order valence-corrected chi connectivity index (χ2v) is 10.7. The first-order chi connectivity index (χ1) is 19.4. The number of halogens is 1. The molecule has 3 amide bonds. The van der Waals surface area contributed by atoms with Crippen molar-refractivity contribution in [1.82, 2.24) is 10.2 Å². The fourth-order valence-corrected chi connectivity index (χ4v) is 5.40. The summed E-state index contributed by atoms with van der Waals surface area (Å²) in [6, 6.07) is 27.4. The van der Waals surface area contributed by atoms with Crippen molar-refractivity contribution in [3.8, 4) is 0 Å². The normalized spacial score (nSPS) is 13.8. The van der Waals surface area contributed by atoms with Crippen LogP contribution in [0.5, 0.6) is 0 Å². The summed E-state index contributed by atoms with van der Waals surface area (Å²) in [6.45, 7) is 3.93. The van der Waals surface area contributed by atoms with E-state index in [1.807, 2.05) is 86.6 Å². The zero-order chi connectivity index (χ0) is 28.2. The van der Waals surface area contributed by atoms with E-state index in [0.29, 0.717) is 22.7 Å². The monoisotopic (exact) mass is 553 g/mol. The van der Waals surface area contributed by atoms with Crippen molar-refractivity contribution in [1.29, 1.82) is 0 Å². The van der Waals surface area contributed by atoms with Gasteiger partial charge in [0.1, 0.15) is 12.6 Å². The van der Waals surface area contributed by atoms with Crippen LogP contribution in [-0.4, -0.2) is 41.2 Å². The third-order valence-corrected chi connectivity index (χ3v) is 7.69. The lowest BCUT2D eigenvalue weighted by Gasteiger charge is -2.33. The second-order valence-electron chi connectivity index (χ2n) is 10.2. The van der Waals surface area contributed by atoms with Gasteiger partial charge in [-0.2, -0.15) is 0 Å². The van der Waals surface area contributed by atoms with Crippen LogP contribution in [0.3, 0.4) is 0 Å². The van der Waals surface area contributed by atoms with Crippen LogP contribution in [0.1, 0.15) is 41.8 Å². The van der Waals surface area contributed by atoms with Gasteiger partial charge in [-0.05, 0) is 54.1 Å². The van der Waals surface area contributed by atoms with Crippen LogP contribution in [0.15, 0.2) is 91.0 Å². The molecule has 0 bridgehead atoms. The number of amides is 3. The molecule has 0 radical (unpaired) electrons. The van der Waals surface area contributed by atoms with E-state index in [0.717, 1.165) is 28.3 Å². The number of nitrogens with zero attached hydrogens (tertiary/aromatic N) is 2. The molecule has 1 N–H and O–H groups in total. The van der Waals surface area contributed by atoms with E-state index in [-0.39, 0.29) is 36.9 Å². The maximum absolute atomic E-state index is 14.2. The van der Waals surface area contributed by atoms with Crippen LogP contribution in [0, 0.1) is 0 Å². The van der Waals surface area contributed by atoms with E-state index >= 15 is 0 Å². The molecule has 4 aromatic carbocycles. The van der Waals surface area contributed by atoms with Crippen LogP contribution in [-0.2, 0) is 22.6 Å². The maximum atomic E-state index is 14.2. The minimum atomic E-state index is -0.793. The highest BCUT2D eigenvalue weighted by Gasteiger charge is 2.36. The molecule has 0 fully saturated rings. The zero-order valence-electron chi connectivity index (χ0n) is 22.6. The number of carbonyl (C=O) groups excluding carboxylic acids is 3. The lowest BCUT2D eigenvalue weighted by molar-refractivity contribution is -0.140. The Morgan fingerprint density at radius 3 is 2.35 bits per heavy atom. The highest BCUT2D eigenvalue weighted by atomic mass is 35.5. The van der Waals surface area contributed by atoms with Gasteiger partial charge in [-0.1, -0.05) is 85.3 Å². The molecule has 2 atom stereocenters. The van der Waals surface area contributed by atoms with Gasteiger partial charge < -0.3 is 10.2 Å². The van der Waals surface area contributed by atoms with Crippen LogP contribution >= 0.6 is 11.6 Å². The first-order valence-electron chi connectivity index (χ1n) is 13.6. The number of nitrogens with one attached hydrogen (secondary N) is 1. The Bertz CT molecular complexity index is 1550. The summed E-state index contributed by atoms with van der Waals surface area (Å²) in [6.07, 6.45) is 1.09. The number of carbonyl (C=O) groups is 3. The summed E-state index contributed by atoms with van der Waals surface area (Å²) in [5.41, 5.74) is 3.02. The second kappa shape index (κ2) is 11.9. The molecule has 204 valence electrons. The minimum Gasteiger partial charge on any atom is -0.352 e. The summed E-state index contributed by atoms with van der Waals surface area (Å²) in [4.78, 5) is 44.5. The van der Waals surface area contributed by atoms with E-state index in [1.165, 1.54) is 4.90 Å². The molecule has 0 unspecified atom stereocenters. The summed E-state index contributed by atoms with van der Waals surface area (Å²) in [7, 11) is 0. The van der Waals surface area contributed by atoms with Gasteiger partial charge in [-0.3, -0.25) is 19.3 Å². The molecule has 0 aliphatic carbocycles. The third-order valence-electron chi connectivity index (χ3n) is 7.46. The molecule has 6 nitrogen and oxygen atoms in total. The van der Waals surface area contributed by atoms with E-state index in [1.54, 1.807) is 23.1 Å². The number of anilines is 1. The molecule has 0 aromatic heterocycles. The van der Waals surface area contributed by atoms with Crippen LogP contribution in [0.2, 0.25) is 5.02 Å². The maximum Gasteiger partial charge on any atom is 0.259 e. The molecular weight excluding hydrogens is 522 g/mol. The molecule has 0 saturated heterocycles. The van der Waals surface area contributed by atoms with Crippen LogP contribution < -0.4 is 10.2 Å². The standard InChI is InChI=1S/C33H32ClN3O3/c1-3-22(2)35-32(39)29(19-23-10-5-4-6-11-23)36(20-24-12-7-15-26(34)18-24)30(38)21-37-28-17-9-14-25-13-8-16-27(31(25)28)33(37)40/h4-18,22,29H,3,19-21H2,1-2H3,(H,35,39)/t22-,29-/m1/s1. The van der Waals surface area contributed by atoms with Crippen molar-refractivity contribution < 1.29 is 14.4 Å². The molecule has 7 heteroatoms. The molecular formula is C33H32ClN3O3. The van der Waals surface area contributed by atoms with Gasteiger partial charge in [0.15, 0.2) is 0 Å². The minimum absolute atomic E-state index is 0.0545. The Morgan fingerprint density at radius 1 is 0.925 bits per heavy atom. The Morgan fingerprint density at radius 2 is 1.62 bits per heavy atom.